The molecule has 124 valence electrons. The molecule has 1 aliphatic rings. The molecule has 2 amide bonds. The first-order valence-corrected chi connectivity index (χ1v) is 8.02. The van der Waals surface area contributed by atoms with Crippen molar-refractivity contribution in [1.82, 2.24) is 0 Å². The van der Waals surface area contributed by atoms with Gasteiger partial charge in [0.05, 0.1) is 10.9 Å². The van der Waals surface area contributed by atoms with Gasteiger partial charge in [0.15, 0.2) is 6.61 Å². The number of anilines is 2. The van der Waals surface area contributed by atoms with E-state index in [1.807, 2.05) is 6.92 Å². The average molecular weight is 365 g/mol. The number of rotatable bonds is 4. The summed E-state index contributed by atoms with van der Waals surface area (Å²) in [4.78, 5) is 23.7. The SMILES string of the molecule is CC1C(=O)Nc2ccc(NC(=O)COc3ccc(Cl)cc3Cl)cc21. The molecule has 2 aromatic rings. The molecule has 0 spiro atoms. The second-order valence-corrected chi connectivity index (χ2v) is 6.27. The van der Waals surface area contributed by atoms with E-state index in [4.69, 9.17) is 27.9 Å². The van der Waals surface area contributed by atoms with Crippen LogP contribution in [0.15, 0.2) is 36.4 Å². The van der Waals surface area contributed by atoms with Crippen LogP contribution >= 0.6 is 23.2 Å². The quantitative estimate of drug-likeness (QED) is 0.859. The van der Waals surface area contributed by atoms with Gasteiger partial charge in [-0.3, -0.25) is 9.59 Å². The highest BCUT2D eigenvalue weighted by atomic mass is 35.5. The fourth-order valence-electron chi connectivity index (χ4n) is 2.43. The van der Waals surface area contributed by atoms with Gasteiger partial charge in [0.1, 0.15) is 5.75 Å². The van der Waals surface area contributed by atoms with Crippen LogP contribution in [0.2, 0.25) is 10.0 Å². The van der Waals surface area contributed by atoms with Crippen LogP contribution in [-0.4, -0.2) is 18.4 Å². The highest BCUT2D eigenvalue weighted by molar-refractivity contribution is 6.35. The van der Waals surface area contributed by atoms with Crippen molar-refractivity contribution >= 4 is 46.4 Å². The van der Waals surface area contributed by atoms with Crippen LogP contribution in [0, 0.1) is 0 Å². The van der Waals surface area contributed by atoms with Gasteiger partial charge in [-0.2, -0.15) is 0 Å². The fourth-order valence-corrected chi connectivity index (χ4v) is 2.89. The predicted molar refractivity (Wildman–Crippen MR) is 94.1 cm³/mol. The smallest absolute Gasteiger partial charge is 0.262 e. The van der Waals surface area contributed by atoms with Gasteiger partial charge in [-0.25, -0.2) is 0 Å². The summed E-state index contributed by atoms with van der Waals surface area (Å²) in [6, 6.07) is 10.1. The number of nitrogens with one attached hydrogen (secondary N) is 2. The second-order valence-electron chi connectivity index (χ2n) is 5.42. The lowest BCUT2D eigenvalue weighted by molar-refractivity contribution is -0.118. The Balaban J connectivity index is 1.62. The Morgan fingerprint density at radius 2 is 2.04 bits per heavy atom. The van der Waals surface area contributed by atoms with Crippen LogP contribution in [-0.2, 0) is 9.59 Å². The van der Waals surface area contributed by atoms with Gasteiger partial charge in [0.2, 0.25) is 5.91 Å². The maximum absolute atomic E-state index is 12.0. The van der Waals surface area contributed by atoms with Gasteiger partial charge < -0.3 is 15.4 Å². The van der Waals surface area contributed by atoms with E-state index in [9.17, 15) is 9.59 Å². The number of fused-ring (bicyclic) bond motifs is 1. The molecule has 7 heteroatoms. The molecule has 1 heterocycles. The minimum absolute atomic E-state index is 0.0470. The largest absolute Gasteiger partial charge is 0.482 e. The van der Waals surface area contributed by atoms with Crippen molar-refractivity contribution in [2.45, 2.75) is 12.8 Å². The molecule has 3 rings (SSSR count). The first-order chi connectivity index (χ1) is 11.4. The van der Waals surface area contributed by atoms with E-state index in [1.54, 1.807) is 36.4 Å². The van der Waals surface area contributed by atoms with E-state index in [1.165, 1.54) is 0 Å². The topological polar surface area (TPSA) is 67.4 Å². The second kappa shape index (κ2) is 6.71. The fraction of sp³-hybridized carbons (Fsp3) is 0.176. The summed E-state index contributed by atoms with van der Waals surface area (Å²) in [7, 11) is 0. The predicted octanol–water partition coefficient (Wildman–Crippen LogP) is 4.07. The number of amides is 2. The monoisotopic (exact) mass is 364 g/mol. The van der Waals surface area contributed by atoms with Crippen LogP contribution in [0.5, 0.6) is 5.75 Å². The van der Waals surface area contributed by atoms with Gasteiger partial charge in [-0.1, -0.05) is 23.2 Å². The van der Waals surface area contributed by atoms with Gasteiger partial charge in [0.25, 0.3) is 5.91 Å². The van der Waals surface area contributed by atoms with Crippen molar-refractivity contribution in [3.05, 3.63) is 52.0 Å². The number of hydrogen-bond donors (Lipinski definition) is 2. The Morgan fingerprint density at radius 1 is 1.25 bits per heavy atom. The van der Waals surface area contributed by atoms with Gasteiger partial charge in [-0.15, -0.1) is 0 Å². The molecule has 0 aliphatic carbocycles. The number of carbonyl (C=O) groups is 2. The van der Waals surface area contributed by atoms with E-state index in [2.05, 4.69) is 10.6 Å². The van der Waals surface area contributed by atoms with Gasteiger partial charge >= 0.3 is 0 Å². The lowest BCUT2D eigenvalue weighted by atomic mass is 10.0. The number of ether oxygens (including phenoxy) is 1. The third kappa shape index (κ3) is 3.47. The minimum Gasteiger partial charge on any atom is -0.482 e. The van der Waals surface area contributed by atoms with Crippen molar-refractivity contribution in [3.8, 4) is 5.75 Å². The first-order valence-electron chi connectivity index (χ1n) is 7.26. The molecule has 24 heavy (non-hydrogen) atoms. The molecule has 0 saturated carbocycles. The summed E-state index contributed by atoms with van der Waals surface area (Å²) in [5.41, 5.74) is 2.24. The molecular weight excluding hydrogens is 351 g/mol. The zero-order valence-electron chi connectivity index (χ0n) is 12.7. The number of hydrogen-bond acceptors (Lipinski definition) is 3. The van der Waals surface area contributed by atoms with Crippen molar-refractivity contribution in [2.75, 3.05) is 17.2 Å². The zero-order chi connectivity index (χ0) is 17.3. The zero-order valence-corrected chi connectivity index (χ0v) is 14.2. The van der Waals surface area contributed by atoms with Crippen LogP contribution in [0.4, 0.5) is 11.4 Å². The highest BCUT2D eigenvalue weighted by Gasteiger charge is 2.26. The van der Waals surface area contributed by atoms with Crippen LogP contribution < -0.4 is 15.4 Å². The summed E-state index contributed by atoms with van der Waals surface area (Å²) < 4.78 is 5.39. The normalized spacial score (nSPS) is 15.6. The van der Waals surface area contributed by atoms with E-state index >= 15 is 0 Å². The first kappa shape index (κ1) is 16.6. The Labute approximate surface area is 148 Å². The molecule has 1 atom stereocenters. The summed E-state index contributed by atoms with van der Waals surface area (Å²) >= 11 is 11.8. The minimum atomic E-state index is -0.328. The molecule has 0 saturated heterocycles. The molecule has 0 fully saturated rings. The Kier molecular flexibility index (Phi) is 4.64. The molecule has 2 N–H and O–H groups in total. The molecule has 1 aliphatic heterocycles. The van der Waals surface area contributed by atoms with E-state index in [0.29, 0.717) is 21.5 Å². The van der Waals surface area contributed by atoms with Crippen LogP contribution in [0.25, 0.3) is 0 Å². The third-order valence-electron chi connectivity index (χ3n) is 3.71. The van der Waals surface area contributed by atoms with Crippen molar-refractivity contribution in [3.63, 3.8) is 0 Å². The summed E-state index contributed by atoms with van der Waals surface area (Å²) in [6.45, 7) is 1.63. The van der Waals surface area contributed by atoms with Gasteiger partial charge in [-0.05, 0) is 48.9 Å². The Morgan fingerprint density at radius 3 is 2.79 bits per heavy atom. The lowest BCUT2D eigenvalue weighted by Gasteiger charge is -2.10. The number of benzene rings is 2. The number of halogens is 2. The van der Waals surface area contributed by atoms with Crippen molar-refractivity contribution in [1.29, 1.82) is 0 Å². The third-order valence-corrected chi connectivity index (χ3v) is 4.24. The van der Waals surface area contributed by atoms with E-state index in [-0.39, 0.29) is 24.3 Å². The highest BCUT2D eigenvalue weighted by Crippen LogP contribution is 2.34. The summed E-state index contributed by atoms with van der Waals surface area (Å²) in [6.07, 6.45) is 0. The van der Waals surface area contributed by atoms with Crippen molar-refractivity contribution in [2.24, 2.45) is 0 Å². The molecule has 0 bridgehead atoms. The molecule has 0 radical (unpaired) electrons. The van der Waals surface area contributed by atoms with Crippen LogP contribution in [0.3, 0.4) is 0 Å². The molecule has 5 nitrogen and oxygen atoms in total. The molecular formula is C17H14Cl2N2O3. The summed E-state index contributed by atoms with van der Waals surface area (Å²) in [5.74, 6) is -0.227. The number of carbonyl (C=O) groups excluding carboxylic acids is 2. The molecule has 0 aromatic heterocycles. The summed E-state index contributed by atoms with van der Waals surface area (Å²) in [5, 5.41) is 6.35. The Hall–Kier alpha value is -2.24. The maximum Gasteiger partial charge on any atom is 0.262 e. The molecule has 2 aromatic carbocycles. The standard InChI is InChI=1S/C17H14Cl2N2O3/c1-9-12-7-11(3-4-14(12)21-17(9)23)20-16(22)8-24-15-5-2-10(18)6-13(15)19/h2-7,9H,8H2,1H3,(H,20,22)(H,21,23). The van der Waals surface area contributed by atoms with E-state index < -0.39 is 0 Å². The van der Waals surface area contributed by atoms with Crippen LogP contribution in [0.1, 0.15) is 18.4 Å². The lowest BCUT2D eigenvalue weighted by Crippen LogP contribution is -2.20. The maximum atomic E-state index is 12.0. The van der Waals surface area contributed by atoms with Crippen molar-refractivity contribution < 1.29 is 14.3 Å². The average Bonchev–Trinajstić information content (AvgIpc) is 2.81. The van der Waals surface area contributed by atoms with E-state index in [0.717, 1.165) is 11.3 Å². The molecule has 1 unspecified atom stereocenters. The Bertz CT molecular complexity index is 823. The van der Waals surface area contributed by atoms with Gasteiger partial charge in [0, 0.05) is 16.4 Å².